The zero-order chi connectivity index (χ0) is 7.52. The Bertz CT molecular complexity index is 317. The molecular formula is C7H5N2Se2+. The predicted octanol–water partition coefficient (Wildman–Crippen LogP) is 0.539. The van der Waals surface area contributed by atoms with Crippen LogP contribution in [0.5, 0.6) is 0 Å². The van der Waals surface area contributed by atoms with Gasteiger partial charge < -0.3 is 0 Å². The van der Waals surface area contributed by atoms with E-state index in [9.17, 15) is 0 Å². The Morgan fingerprint density at radius 2 is 2.00 bits per heavy atom. The Hall–Kier alpha value is -0.271. The Balaban J connectivity index is 2.46. The van der Waals surface area contributed by atoms with Crippen LogP contribution in [0.25, 0.3) is 11.4 Å². The van der Waals surface area contributed by atoms with Crippen molar-refractivity contribution in [3.05, 3.63) is 30.3 Å². The molecule has 0 N–H and O–H groups in total. The van der Waals surface area contributed by atoms with E-state index in [0.29, 0.717) is 25.7 Å². The van der Waals surface area contributed by atoms with E-state index < -0.39 is 0 Å². The first-order valence-corrected chi connectivity index (χ1v) is 9.01. The molecule has 0 saturated carbocycles. The number of nitrogens with zero attached hydrogens (tertiary/aromatic N) is 2. The summed E-state index contributed by atoms with van der Waals surface area (Å²) in [5.74, 6) is 0.964. The fourth-order valence-electron chi connectivity index (χ4n) is 0.813. The quantitative estimate of drug-likeness (QED) is 0.710. The molecule has 11 heavy (non-hydrogen) atoms. The van der Waals surface area contributed by atoms with Gasteiger partial charge in [-0.25, -0.2) is 0 Å². The third-order valence-electron chi connectivity index (χ3n) is 1.31. The van der Waals surface area contributed by atoms with Gasteiger partial charge in [-0.2, -0.15) is 0 Å². The van der Waals surface area contributed by atoms with Crippen LogP contribution in [0.4, 0.5) is 0 Å². The van der Waals surface area contributed by atoms with Gasteiger partial charge in [-0.05, 0) is 0 Å². The Kier molecular flexibility index (Phi) is 2.29. The fourth-order valence-corrected chi connectivity index (χ4v) is 4.39. The van der Waals surface area contributed by atoms with Crippen molar-refractivity contribution in [2.24, 2.45) is 0 Å². The third-order valence-corrected chi connectivity index (χ3v) is 4.84. The van der Waals surface area contributed by atoms with Gasteiger partial charge in [-0.3, -0.25) is 0 Å². The molecule has 54 valence electrons. The van der Waals surface area contributed by atoms with Crippen molar-refractivity contribution >= 4 is 25.7 Å². The molecule has 1 aromatic carbocycles. The van der Waals surface area contributed by atoms with Gasteiger partial charge in [0.15, 0.2) is 0 Å². The Morgan fingerprint density at radius 1 is 1.18 bits per heavy atom. The molecule has 2 rings (SSSR count). The SMILES string of the molecule is c1ccc(-c2n[se][se+]n2)cc1. The van der Waals surface area contributed by atoms with Crippen LogP contribution in [0.3, 0.4) is 0 Å². The second-order valence-electron chi connectivity index (χ2n) is 2.02. The summed E-state index contributed by atoms with van der Waals surface area (Å²) < 4.78 is 8.69. The molecule has 0 aliphatic carbocycles. The second-order valence-corrected chi connectivity index (χ2v) is 6.66. The van der Waals surface area contributed by atoms with Crippen molar-refractivity contribution < 1.29 is 0 Å². The predicted molar refractivity (Wildman–Crippen MR) is 45.8 cm³/mol. The molecule has 0 radical (unpaired) electrons. The topological polar surface area (TPSA) is 25.8 Å². The molecule has 0 unspecified atom stereocenters. The van der Waals surface area contributed by atoms with Gasteiger partial charge in [0.2, 0.25) is 0 Å². The van der Waals surface area contributed by atoms with Crippen LogP contribution in [-0.2, 0) is 0 Å². The first-order chi connectivity index (χ1) is 5.47. The van der Waals surface area contributed by atoms with E-state index in [1.54, 1.807) is 0 Å². The third kappa shape index (κ3) is 1.66. The van der Waals surface area contributed by atoms with Crippen LogP contribution in [0.15, 0.2) is 30.3 Å². The molecule has 0 saturated heterocycles. The van der Waals surface area contributed by atoms with Crippen LogP contribution in [0.1, 0.15) is 0 Å². The van der Waals surface area contributed by atoms with Gasteiger partial charge in [-0.15, -0.1) is 0 Å². The van der Waals surface area contributed by atoms with E-state index in [-0.39, 0.29) is 0 Å². The molecule has 0 aliphatic rings. The van der Waals surface area contributed by atoms with E-state index in [4.69, 9.17) is 0 Å². The minimum atomic E-state index is 0.429. The molecular weight excluding hydrogens is 270 g/mol. The number of hydrogen-bond acceptors (Lipinski definition) is 2. The fraction of sp³-hybridized carbons (Fsp3) is 0. The summed E-state index contributed by atoms with van der Waals surface area (Å²) in [5.41, 5.74) is 1.16. The summed E-state index contributed by atoms with van der Waals surface area (Å²) in [5, 5.41) is 0. The van der Waals surface area contributed by atoms with Crippen LogP contribution < -0.4 is 0 Å². The van der Waals surface area contributed by atoms with Crippen molar-refractivity contribution in [1.82, 2.24) is 7.96 Å². The zero-order valence-corrected chi connectivity index (χ0v) is 9.02. The second kappa shape index (κ2) is 3.42. The molecule has 4 heteroatoms. The van der Waals surface area contributed by atoms with E-state index in [2.05, 4.69) is 20.1 Å². The average molecular weight is 275 g/mol. The van der Waals surface area contributed by atoms with Crippen LogP contribution >= 0.6 is 0 Å². The average Bonchev–Trinajstić information content (AvgIpc) is 2.58. The zero-order valence-electron chi connectivity index (χ0n) is 5.60. The van der Waals surface area contributed by atoms with Crippen molar-refractivity contribution in [3.63, 3.8) is 0 Å². The van der Waals surface area contributed by atoms with Crippen LogP contribution in [0.2, 0.25) is 0 Å². The first kappa shape index (κ1) is 7.38. The van der Waals surface area contributed by atoms with Crippen LogP contribution in [-0.4, -0.2) is 33.7 Å². The summed E-state index contributed by atoms with van der Waals surface area (Å²) in [6.07, 6.45) is 0. The first-order valence-electron chi connectivity index (χ1n) is 3.14. The van der Waals surface area contributed by atoms with Gasteiger partial charge in [-0.1, -0.05) is 0 Å². The minimum absolute atomic E-state index is 0.429. The summed E-state index contributed by atoms with van der Waals surface area (Å²) in [6, 6.07) is 10.2. The van der Waals surface area contributed by atoms with E-state index in [1.807, 2.05) is 18.2 Å². The number of aromatic nitrogens is 2. The molecule has 0 bridgehead atoms. The monoisotopic (exact) mass is 277 g/mol. The summed E-state index contributed by atoms with van der Waals surface area (Å²) in [6.45, 7) is 0. The maximum absolute atomic E-state index is 4.35. The molecule has 0 fully saturated rings. The Morgan fingerprint density at radius 3 is 2.64 bits per heavy atom. The molecule has 0 spiro atoms. The normalized spacial score (nSPS) is 9.82. The molecule has 0 aliphatic heterocycles. The molecule has 0 atom stereocenters. The van der Waals surface area contributed by atoms with Gasteiger partial charge in [0.25, 0.3) is 0 Å². The summed E-state index contributed by atoms with van der Waals surface area (Å²) >= 11 is 0.857. The number of benzene rings is 1. The molecule has 1 heterocycles. The van der Waals surface area contributed by atoms with Gasteiger partial charge >= 0.3 is 75.4 Å². The molecule has 2 aromatic rings. The maximum atomic E-state index is 4.35. The number of hydrogen-bond donors (Lipinski definition) is 0. The Labute approximate surface area is 75.4 Å². The van der Waals surface area contributed by atoms with E-state index in [1.165, 1.54) is 0 Å². The van der Waals surface area contributed by atoms with Crippen molar-refractivity contribution in [2.75, 3.05) is 0 Å². The van der Waals surface area contributed by atoms with Crippen LogP contribution in [0, 0.1) is 0 Å². The summed E-state index contributed by atoms with van der Waals surface area (Å²) in [7, 11) is 0. The van der Waals surface area contributed by atoms with E-state index >= 15 is 0 Å². The van der Waals surface area contributed by atoms with E-state index in [0.717, 1.165) is 11.4 Å². The summed E-state index contributed by atoms with van der Waals surface area (Å²) in [4.78, 5) is 0. The molecule has 2 nitrogen and oxygen atoms in total. The van der Waals surface area contributed by atoms with Crippen molar-refractivity contribution in [1.29, 1.82) is 0 Å². The molecule has 1 aromatic heterocycles. The van der Waals surface area contributed by atoms with Crippen molar-refractivity contribution in [3.8, 4) is 11.4 Å². The van der Waals surface area contributed by atoms with Crippen molar-refractivity contribution in [2.45, 2.75) is 0 Å². The number of rotatable bonds is 1. The van der Waals surface area contributed by atoms with Gasteiger partial charge in [0.05, 0.1) is 0 Å². The van der Waals surface area contributed by atoms with Gasteiger partial charge in [0.1, 0.15) is 0 Å². The molecule has 0 amide bonds. The standard InChI is InChI=1S/C7H5N2Se2/c1-2-4-6(5-3-1)7-8-10-11-9-7/h1-5H/q+1. The van der Waals surface area contributed by atoms with Gasteiger partial charge in [0, 0.05) is 0 Å².